The van der Waals surface area contributed by atoms with Gasteiger partial charge in [0.1, 0.15) is 10.6 Å². The molecule has 1 aromatic heterocycles. The first kappa shape index (κ1) is 21.1. The van der Waals surface area contributed by atoms with Gasteiger partial charge in [-0.15, -0.1) is 11.3 Å². The molecule has 0 bridgehead atoms. The first-order chi connectivity index (χ1) is 13.9. The summed E-state index contributed by atoms with van der Waals surface area (Å²) >= 11 is 7.15. The Morgan fingerprint density at radius 3 is 2.45 bits per heavy atom. The van der Waals surface area contributed by atoms with Crippen LogP contribution in [0.25, 0.3) is 11.1 Å². The van der Waals surface area contributed by atoms with Crippen molar-refractivity contribution in [1.82, 2.24) is 0 Å². The van der Waals surface area contributed by atoms with Crippen molar-refractivity contribution in [1.29, 1.82) is 0 Å². The number of carbonyl (C=O) groups excluding carboxylic acids is 2. The van der Waals surface area contributed by atoms with Crippen molar-refractivity contribution in [3.05, 3.63) is 52.4 Å². The van der Waals surface area contributed by atoms with Gasteiger partial charge in [0.2, 0.25) is 5.91 Å². The van der Waals surface area contributed by atoms with Crippen LogP contribution in [0.2, 0.25) is 5.02 Å². The predicted octanol–water partition coefficient (Wildman–Crippen LogP) is 4.85. The molecule has 6 nitrogen and oxygen atoms in total. The highest BCUT2D eigenvalue weighted by Gasteiger charge is 2.35. The lowest BCUT2D eigenvalue weighted by molar-refractivity contribution is -0.146. The second kappa shape index (κ2) is 9.24. The molecule has 0 saturated heterocycles. The van der Waals surface area contributed by atoms with Crippen LogP contribution in [0.4, 0.5) is 5.00 Å². The lowest BCUT2D eigenvalue weighted by Crippen LogP contribution is -2.34. The van der Waals surface area contributed by atoms with Crippen molar-refractivity contribution < 1.29 is 24.2 Å². The molecule has 1 aliphatic rings. The van der Waals surface area contributed by atoms with Crippen LogP contribution in [0, 0.1) is 11.8 Å². The minimum absolute atomic E-state index is 0.191. The minimum Gasteiger partial charge on any atom is -0.481 e. The van der Waals surface area contributed by atoms with Crippen molar-refractivity contribution in [2.75, 3.05) is 11.9 Å². The van der Waals surface area contributed by atoms with Crippen LogP contribution in [0.15, 0.2) is 41.8 Å². The summed E-state index contributed by atoms with van der Waals surface area (Å²) in [6.45, 7) is 1.90. The molecule has 1 aromatic carbocycles. The molecule has 0 spiro atoms. The van der Waals surface area contributed by atoms with Gasteiger partial charge in [-0.3, -0.25) is 9.59 Å². The molecule has 0 saturated carbocycles. The Labute approximate surface area is 177 Å². The second-order valence-corrected chi connectivity index (χ2v) is 7.88. The topological polar surface area (TPSA) is 92.7 Å². The highest BCUT2D eigenvalue weighted by Crippen LogP contribution is 2.37. The van der Waals surface area contributed by atoms with E-state index in [9.17, 15) is 19.5 Å². The van der Waals surface area contributed by atoms with Crippen LogP contribution < -0.4 is 5.32 Å². The van der Waals surface area contributed by atoms with E-state index in [1.165, 1.54) is 11.3 Å². The van der Waals surface area contributed by atoms with Gasteiger partial charge < -0.3 is 15.2 Å². The first-order valence-corrected chi connectivity index (χ1v) is 10.4. The SMILES string of the molecule is CCOC(=O)c1c(-c2ccc(Cl)cc2)csc1NC(=O)C1CC=CCC1C(=O)O. The number of amides is 1. The zero-order chi connectivity index (χ0) is 21.0. The van der Waals surface area contributed by atoms with Gasteiger partial charge in [-0.1, -0.05) is 35.9 Å². The summed E-state index contributed by atoms with van der Waals surface area (Å²) in [5, 5.41) is 14.9. The maximum Gasteiger partial charge on any atom is 0.341 e. The number of ether oxygens (including phenoxy) is 1. The van der Waals surface area contributed by atoms with Crippen molar-refractivity contribution >= 4 is 45.8 Å². The number of rotatable bonds is 6. The molecule has 152 valence electrons. The lowest BCUT2D eigenvalue weighted by Gasteiger charge is -2.24. The molecule has 0 fully saturated rings. The van der Waals surface area contributed by atoms with E-state index in [0.717, 1.165) is 5.56 Å². The van der Waals surface area contributed by atoms with E-state index in [4.69, 9.17) is 16.3 Å². The Morgan fingerprint density at radius 2 is 1.83 bits per heavy atom. The van der Waals surface area contributed by atoms with Crippen molar-refractivity contribution in [2.24, 2.45) is 11.8 Å². The summed E-state index contributed by atoms with van der Waals surface area (Å²) in [6, 6.07) is 7.00. The average Bonchev–Trinajstić information content (AvgIpc) is 3.12. The largest absolute Gasteiger partial charge is 0.481 e. The number of hydrogen-bond acceptors (Lipinski definition) is 5. The average molecular weight is 434 g/mol. The van der Waals surface area contributed by atoms with E-state index in [2.05, 4.69) is 5.32 Å². The number of esters is 1. The number of allylic oxidation sites excluding steroid dienone is 2. The first-order valence-electron chi connectivity index (χ1n) is 9.15. The maximum absolute atomic E-state index is 12.8. The van der Waals surface area contributed by atoms with E-state index in [0.29, 0.717) is 28.4 Å². The van der Waals surface area contributed by atoms with Gasteiger partial charge in [0, 0.05) is 16.0 Å². The van der Waals surface area contributed by atoms with Gasteiger partial charge >= 0.3 is 11.9 Å². The molecule has 1 heterocycles. The third-order valence-corrected chi connectivity index (χ3v) is 5.90. The highest BCUT2D eigenvalue weighted by atomic mass is 35.5. The molecule has 3 rings (SSSR count). The van der Waals surface area contributed by atoms with Crippen LogP contribution in [-0.4, -0.2) is 29.6 Å². The maximum atomic E-state index is 12.8. The van der Waals surface area contributed by atoms with Gasteiger partial charge in [-0.05, 0) is 37.5 Å². The van der Waals surface area contributed by atoms with Gasteiger partial charge in [0.25, 0.3) is 0 Å². The summed E-state index contributed by atoms with van der Waals surface area (Å²) in [5.41, 5.74) is 1.64. The number of anilines is 1. The summed E-state index contributed by atoms with van der Waals surface area (Å²) in [6.07, 6.45) is 4.23. The summed E-state index contributed by atoms with van der Waals surface area (Å²) in [4.78, 5) is 37.0. The number of carboxylic acids is 1. The van der Waals surface area contributed by atoms with Gasteiger partial charge in [0.05, 0.1) is 18.4 Å². The molecule has 2 N–H and O–H groups in total. The number of aliphatic carboxylic acids is 1. The number of carbonyl (C=O) groups is 3. The Kier molecular flexibility index (Phi) is 6.71. The molecule has 0 aliphatic heterocycles. The van der Waals surface area contributed by atoms with Crippen molar-refractivity contribution in [3.63, 3.8) is 0 Å². The number of hydrogen-bond donors (Lipinski definition) is 2. The van der Waals surface area contributed by atoms with E-state index in [-0.39, 0.29) is 12.2 Å². The molecule has 29 heavy (non-hydrogen) atoms. The fourth-order valence-electron chi connectivity index (χ4n) is 3.28. The number of thiophene rings is 1. The number of halogens is 1. The monoisotopic (exact) mass is 433 g/mol. The van der Waals surface area contributed by atoms with E-state index in [1.807, 2.05) is 6.08 Å². The summed E-state index contributed by atoms with van der Waals surface area (Å²) < 4.78 is 5.18. The van der Waals surface area contributed by atoms with Gasteiger partial charge in [-0.2, -0.15) is 0 Å². The normalized spacial score (nSPS) is 18.3. The lowest BCUT2D eigenvalue weighted by atomic mass is 9.82. The molecular formula is C21H20ClNO5S. The Hall–Kier alpha value is -2.64. The van der Waals surface area contributed by atoms with Crippen LogP contribution in [0.5, 0.6) is 0 Å². The third kappa shape index (κ3) is 4.68. The fraction of sp³-hybridized carbons (Fsp3) is 0.286. The molecule has 2 unspecified atom stereocenters. The van der Waals surface area contributed by atoms with Crippen molar-refractivity contribution in [2.45, 2.75) is 19.8 Å². The fourth-order valence-corrected chi connectivity index (χ4v) is 4.37. The molecule has 1 amide bonds. The second-order valence-electron chi connectivity index (χ2n) is 6.56. The number of carboxylic acid groups (broad SMARTS) is 1. The van der Waals surface area contributed by atoms with Crippen LogP contribution in [0.1, 0.15) is 30.1 Å². The molecular weight excluding hydrogens is 414 g/mol. The third-order valence-electron chi connectivity index (χ3n) is 4.75. The minimum atomic E-state index is -1.01. The molecule has 2 atom stereocenters. The Balaban J connectivity index is 1.93. The Bertz CT molecular complexity index is 950. The molecule has 0 radical (unpaired) electrons. The zero-order valence-corrected chi connectivity index (χ0v) is 17.3. The smallest absolute Gasteiger partial charge is 0.341 e. The standard InChI is InChI=1S/C21H20ClNO5S/c1-2-28-21(27)17-16(12-7-9-13(22)10-8-12)11-29-19(17)23-18(24)14-5-3-4-6-15(14)20(25)26/h3-4,7-11,14-15H,2,5-6H2,1H3,(H,23,24)(H,25,26). The van der Waals surface area contributed by atoms with Crippen LogP contribution >= 0.6 is 22.9 Å². The van der Waals surface area contributed by atoms with E-state index in [1.54, 1.807) is 42.6 Å². The van der Waals surface area contributed by atoms with Crippen molar-refractivity contribution in [3.8, 4) is 11.1 Å². The van der Waals surface area contributed by atoms with Crippen LogP contribution in [0.3, 0.4) is 0 Å². The summed E-state index contributed by atoms with van der Waals surface area (Å²) in [5.74, 6) is -3.47. The quantitative estimate of drug-likeness (QED) is 0.501. The highest BCUT2D eigenvalue weighted by molar-refractivity contribution is 7.15. The van der Waals surface area contributed by atoms with E-state index >= 15 is 0 Å². The van der Waals surface area contributed by atoms with Crippen LogP contribution in [-0.2, 0) is 14.3 Å². The van der Waals surface area contributed by atoms with Gasteiger partial charge in [0.15, 0.2) is 0 Å². The summed E-state index contributed by atoms with van der Waals surface area (Å²) in [7, 11) is 0. The molecule has 8 heteroatoms. The Morgan fingerprint density at radius 1 is 1.17 bits per heavy atom. The number of benzene rings is 1. The zero-order valence-electron chi connectivity index (χ0n) is 15.7. The van der Waals surface area contributed by atoms with Gasteiger partial charge in [-0.25, -0.2) is 4.79 Å². The molecule has 1 aliphatic carbocycles. The predicted molar refractivity (Wildman–Crippen MR) is 112 cm³/mol. The van der Waals surface area contributed by atoms with E-state index < -0.39 is 29.7 Å². The number of nitrogens with one attached hydrogen (secondary N) is 1. The molecule has 2 aromatic rings.